The molecule has 1 aliphatic rings. The Bertz CT molecular complexity index is 1430. The maximum Gasteiger partial charge on any atom is 0.192 e. The van der Waals surface area contributed by atoms with E-state index in [1.54, 1.807) is 14.2 Å². The smallest absolute Gasteiger partial charge is 0.192 e. The Morgan fingerprint density at radius 2 is 1.53 bits per heavy atom. The van der Waals surface area contributed by atoms with Crippen molar-refractivity contribution in [3.8, 4) is 17.2 Å². The molecule has 256 valence electrons. The SMILES string of the molecule is COCOc1ccc(C2(C)COc3cc(OCOC)ccc3C2C/C=C/Cc2ccc(N(C)CCO[Si](C)(C)C(C)(C)C)cc2)cc1. The number of methoxy groups -OCH3 is 2. The van der Waals surface area contributed by atoms with Crippen molar-refractivity contribution < 1.29 is 28.1 Å². The summed E-state index contributed by atoms with van der Waals surface area (Å²) in [5.74, 6) is 2.59. The molecule has 2 unspecified atom stereocenters. The first-order valence-electron chi connectivity index (χ1n) is 16.6. The van der Waals surface area contributed by atoms with E-state index in [9.17, 15) is 0 Å². The third-order valence-corrected chi connectivity index (χ3v) is 14.4. The summed E-state index contributed by atoms with van der Waals surface area (Å²) in [6, 6.07) is 23.3. The van der Waals surface area contributed by atoms with Gasteiger partial charge >= 0.3 is 0 Å². The van der Waals surface area contributed by atoms with Gasteiger partial charge in [-0.05, 0) is 78.0 Å². The van der Waals surface area contributed by atoms with E-state index in [1.807, 2.05) is 24.3 Å². The first-order chi connectivity index (χ1) is 22.4. The van der Waals surface area contributed by atoms with E-state index in [-0.39, 0.29) is 30.0 Å². The number of ether oxygens (including phenoxy) is 5. The van der Waals surface area contributed by atoms with Gasteiger partial charge in [-0.1, -0.05) is 70.2 Å². The monoisotopic (exact) mass is 661 g/mol. The fourth-order valence-electron chi connectivity index (χ4n) is 5.67. The van der Waals surface area contributed by atoms with E-state index in [4.69, 9.17) is 28.1 Å². The summed E-state index contributed by atoms with van der Waals surface area (Å²) >= 11 is 0. The third kappa shape index (κ3) is 9.41. The van der Waals surface area contributed by atoms with Crippen LogP contribution in [0.15, 0.2) is 78.9 Å². The second-order valence-electron chi connectivity index (χ2n) is 14.2. The van der Waals surface area contributed by atoms with Crippen LogP contribution in [0, 0.1) is 0 Å². The molecule has 0 N–H and O–H groups in total. The molecule has 47 heavy (non-hydrogen) atoms. The Kier molecular flexibility index (Phi) is 12.6. The average Bonchev–Trinajstić information content (AvgIpc) is 3.05. The van der Waals surface area contributed by atoms with Crippen molar-refractivity contribution in [2.75, 3.05) is 59.5 Å². The van der Waals surface area contributed by atoms with Crippen molar-refractivity contribution in [1.82, 2.24) is 0 Å². The second kappa shape index (κ2) is 16.2. The molecule has 2 atom stereocenters. The molecule has 3 aromatic carbocycles. The summed E-state index contributed by atoms with van der Waals surface area (Å²) in [6.45, 7) is 16.4. The Balaban J connectivity index is 1.44. The van der Waals surface area contributed by atoms with Crippen LogP contribution < -0.4 is 19.1 Å². The predicted molar refractivity (Wildman–Crippen MR) is 194 cm³/mol. The zero-order chi connectivity index (χ0) is 34.1. The van der Waals surface area contributed by atoms with Gasteiger partial charge < -0.3 is 33.0 Å². The van der Waals surface area contributed by atoms with E-state index in [1.165, 1.54) is 22.4 Å². The minimum atomic E-state index is -1.74. The number of hydrogen-bond donors (Lipinski definition) is 0. The highest BCUT2D eigenvalue weighted by Gasteiger charge is 2.42. The van der Waals surface area contributed by atoms with Gasteiger partial charge in [0.05, 0.1) is 13.2 Å². The van der Waals surface area contributed by atoms with Crippen LogP contribution >= 0.6 is 0 Å². The van der Waals surface area contributed by atoms with Gasteiger partial charge in [0, 0.05) is 50.9 Å². The highest BCUT2D eigenvalue weighted by atomic mass is 28.4. The zero-order valence-electron chi connectivity index (χ0n) is 29.9. The van der Waals surface area contributed by atoms with Crippen molar-refractivity contribution in [3.63, 3.8) is 0 Å². The van der Waals surface area contributed by atoms with Crippen molar-refractivity contribution >= 4 is 14.0 Å². The molecule has 4 rings (SSSR count). The molecule has 0 saturated heterocycles. The highest BCUT2D eigenvalue weighted by Crippen LogP contribution is 2.49. The molecule has 0 radical (unpaired) electrons. The maximum atomic E-state index is 6.40. The summed E-state index contributed by atoms with van der Waals surface area (Å²) in [6.07, 6.45) is 6.36. The summed E-state index contributed by atoms with van der Waals surface area (Å²) in [4.78, 5) is 2.28. The van der Waals surface area contributed by atoms with Gasteiger partial charge in [0.15, 0.2) is 21.9 Å². The fourth-order valence-corrected chi connectivity index (χ4v) is 6.70. The first-order valence-corrected chi connectivity index (χ1v) is 19.5. The summed E-state index contributed by atoms with van der Waals surface area (Å²) in [5, 5.41) is 0.223. The van der Waals surface area contributed by atoms with E-state index >= 15 is 0 Å². The topological polar surface area (TPSA) is 58.6 Å². The number of hydrogen-bond acceptors (Lipinski definition) is 7. The van der Waals surface area contributed by atoms with Gasteiger partial charge in [0.2, 0.25) is 0 Å². The quantitative estimate of drug-likeness (QED) is 0.0865. The highest BCUT2D eigenvalue weighted by molar-refractivity contribution is 6.74. The van der Waals surface area contributed by atoms with Crippen LogP contribution in [-0.2, 0) is 25.7 Å². The van der Waals surface area contributed by atoms with Crippen LogP contribution in [0.1, 0.15) is 56.7 Å². The number of fused-ring (bicyclic) bond motifs is 1. The molecule has 7 nitrogen and oxygen atoms in total. The van der Waals surface area contributed by atoms with E-state index in [2.05, 4.69) is 107 Å². The summed E-state index contributed by atoms with van der Waals surface area (Å²) in [7, 11) is 3.64. The average molecular weight is 662 g/mol. The first kappa shape index (κ1) is 36.5. The van der Waals surface area contributed by atoms with Crippen molar-refractivity contribution in [2.24, 2.45) is 0 Å². The lowest BCUT2D eigenvalue weighted by atomic mass is 9.66. The summed E-state index contributed by atoms with van der Waals surface area (Å²) < 4.78 is 34.3. The fraction of sp³-hybridized carbons (Fsp3) is 0.487. The van der Waals surface area contributed by atoms with Gasteiger partial charge in [-0.3, -0.25) is 0 Å². The lowest BCUT2D eigenvalue weighted by Crippen LogP contribution is -2.42. The Labute approximate surface area is 283 Å². The molecule has 8 heteroatoms. The predicted octanol–water partition coefficient (Wildman–Crippen LogP) is 8.73. The Hall–Kier alpha value is -3.30. The van der Waals surface area contributed by atoms with Crippen LogP contribution in [0.2, 0.25) is 18.1 Å². The molecule has 1 aliphatic heterocycles. The molecule has 1 heterocycles. The minimum absolute atomic E-state index is 0.197. The molecular formula is C39H55NO6Si. The number of nitrogens with zero attached hydrogens (tertiary/aromatic N) is 1. The van der Waals surface area contributed by atoms with Gasteiger partial charge in [-0.15, -0.1) is 0 Å². The molecule has 0 saturated carbocycles. The lowest BCUT2D eigenvalue weighted by Gasteiger charge is -2.42. The normalized spacial score (nSPS) is 18.1. The molecule has 0 spiro atoms. The second-order valence-corrected chi connectivity index (χ2v) is 19.0. The van der Waals surface area contributed by atoms with Gasteiger partial charge in [-0.2, -0.15) is 0 Å². The van der Waals surface area contributed by atoms with Gasteiger partial charge in [0.25, 0.3) is 0 Å². The van der Waals surface area contributed by atoms with Crippen LogP contribution in [-0.4, -0.2) is 62.9 Å². The van der Waals surface area contributed by atoms with Crippen LogP contribution in [0.3, 0.4) is 0 Å². The van der Waals surface area contributed by atoms with E-state index < -0.39 is 8.32 Å². The standard InChI is InChI=1S/C39H55NO6Si/c1-38(2,3)47(8,9)46-25-24-40(5)32-18-14-30(15-19-32)12-10-11-13-36-35-23-22-34(45-29-42-7)26-37(35)43-27-39(36,4)31-16-20-33(21-17-31)44-28-41-6/h10-11,14-23,26,36H,12-13,24-25,27-29H2,1-9H3/b11-10+. The van der Waals surface area contributed by atoms with Crippen molar-refractivity contribution in [1.29, 1.82) is 0 Å². The molecule has 3 aromatic rings. The number of benzene rings is 3. The third-order valence-electron chi connectivity index (χ3n) is 9.82. The van der Waals surface area contributed by atoms with Crippen molar-refractivity contribution in [2.45, 2.75) is 70.0 Å². The van der Waals surface area contributed by atoms with Crippen LogP contribution in [0.25, 0.3) is 0 Å². The zero-order valence-corrected chi connectivity index (χ0v) is 30.9. The molecular weight excluding hydrogens is 607 g/mol. The van der Waals surface area contributed by atoms with Gasteiger partial charge in [-0.25, -0.2) is 0 Å². The number of anilines is 1. The Morgan fingerprint density at radius 1 is 0.894 bits per heavy atom. The Morgan fingerprint density at radius 3 is 2.17 bits per heavy atom. The van der Waals surface area contributed by atoms with Crippen molar-refractivity contribution in [3.05, 3.63) is 95.6 Å². The van der Waals surface area contributed by atoms with E-state index in [0.29, 0.717) is 6.61 Å². The van der Waals surface area contributed by atoms with Gasteiger partial charge in [0.1, 0.15) is 17.2 Å². The number of rotatable bonds is 16. The maximum absolute atomic E-state index is 6.40. The molecule has 0 aliphatic carbocycles. The minimum Gasteiger partial charge on any atom is -0.492 e. The molecule has 0 fully saturated rings. The largest absolute Gasteiger partial charge is 0.492 e. The molecule has 0 amide bonds. The molecule has 0 bridgehead atoms. The van der Waals surface area contributed by atoms with Crippen LogP contribution in [0.5, 0.6) is 17.2 Å². The van der Waals surface area contributed by atoms with E-state index in [0.717, 1.165) is 43.2 Å². The lowest BCUT2D eigenvalue weighted by molar-refractivity contribution is 0.0505. The molecule has 0 aromatic heterocycles. The number of likely N-dealkylation sites (N-methyl/N-ethyl adjacent to an activating group) is 1. The number of allylic oxidation sites excluding steroid dienone is 2. The van der Waals surface area contributed by atoms with Crippen LogP contribution in [0.4, 0.5) is 5.69 Å². The summed E-state index contributed by atoms with van der Waals surface area (Å²) in [5.41, 5.74) is 4.64.